The smallest absolute Gasteiger partial charge is 0.290 e. The van der Waals surface area contributed by atoms with Gasteiger partial charge in [-0.25, -0.2) is 4.68 Å². The van der Waals surface area contributed by atoms with Crippen LogP contribution in [0.2, 0.25) is 0 Å². The lowest BCUT2D eigenvalue weighted by atomic mass is 9.72. The minimum atomic E-state index is -0.896. The van der Waals surface area contributed by atoms with Gasteiger partial charge in [0.2, 0.25) is 11.8 Å². The van der Waals surface area contributed by atoms with Crippen molar-refractivity contribution in [3.05, 3.63) is 76.2 Å². The minimum absolute atomic E-state index is 0.0291. The molecule has 0 unspecified atom stereocenters. The first kappa shape index (κ1) is 24.1. The second-order valence-electron chi connectivity index (χ2n) is 9.10. The number of hydrogen-bond acceptors (Lipinski definition) is 5. The molecule has 0 bridgehead atoms. The molecule has 2 aromatic carbocycles. The topological polar surface area (TPSA) is 113 Å². The van der Waals surface area contributed by atoms with Crippen LogP contribution in [0.4, 0.5) is 0 Å². The number of aromatic nitrogens is 2. The Morgan fingerprint density at radius 1 is 0.914 bits per heavy atom. The zero-order valence-corrected chi connectivity index (χ0v) is 20.1. The molecule has 0 saturated carbocycles. The summed E-state index contributed by atoms with van der Waals surface area (Å²) in [5, 5.41) is 5.08. The first-order valence-electron chi connectivity index (χ1n) is 11.7. The summed E-state index contributed by atoms with van der Waals surface area (Å²) in [4.78, 5) is 53.0. The van der Waals surface area contributed by atoms with Crippen LogP contribution in [0.5, 0.6) is 0 Å². The predicted octanol–water partition coefficient (Wildman–Crippen LogP) is 2.32. The second kappa shape index (κ2) is 9.69. The van der Waals surface area contributed by atoms with Crippen LogP contribution in [0.25, 0.3) is 10.8 Å². The first-order chi connectivity index (χ1) is 16.7. The van der Waals surface area contributed by atoms with Crippen molar-refractivity contribution < 1.29 is 14.4 Å². The number of likely N-dealkylation sites (tertiary alicyclic amines) is 1. The summed E-state index contributed by atoms with van der Waals surface area (Å²) in [6.45, 7) is 6.02. The first-order valence-corrected chi connectivity index (χ1v) is 11.7. The molecule has 1 aromatic heterocycles. The van der Waals surface area contributed by atoms with E-state index in [-0.39, 0.29) is 29.1 Å². The quantitative estimate of drug-likeness (QED) is 0.563. The number of piperidine rings is 1. The van der Waals surface area contributed by atoms with Crippen LogP contribution in [0.3, 0.4) is 0 Å². The third kappa shape index (κ3) is 4.53. The molecule has 2 N–H and O–H groups in total. The molecular weight excluding hydrogens is 446 g/mol. The standard InChI is InChI=1S/C26H29N5O4/c1-17(2)31-24(34)21-12-8-7-11-20(21)22(29-31)23(33)27-28-25(35)26(19-9-5-4-6-10-19)13-15-30(16-14-26)18(3)32/h4-12,17H,13-16H2,1-3H3,(H,27,33)(H,28,35). The molecule has 0 spiro atoms. The van der Waals surface area contributed by atoms with Gasteiger partial charge in [0.1, 0.15) is 0 Å². The SMILES string of the molecule is CC(=O)N1CCC(C(=O)NNC(=O)c2nn(C(C)C)c(=O)c3ccccc23)(c2ccccc2)CC1. The van der Waals surface area contributed by atoms with E-state index >= 15 is 0 Å². The Bertz CT molecular complexity index is 1320. The highest BCUT2D eigenvalue weighted by Gasteiger charge is 2.43. The highest BCUT2D eigenvalue weighted by Crippen LogP contribution is 2.35. The largest absolute Gasteiger partial charge is 0.343 e. The van der Waals surface area contributed by atoms with Gasteiger partial charge in [-0.2, -0.15) is 5.10 Å². The Labute approximate surface area is 203 Å². The lowest BCUT2D eigenvalue weighted by Gasteiger charge is -2.40. The highest BCUT2D eigenvalue weighted by atomic mass is 16.2. The van der Waals surface area contributed by atoms with Gasteiger partial charge in [-0.3, -0.25) is 30.0 Å². The van der Waals surface area contributed by atoms with Crippen LogP contribution in [-0.4, -0.2) is 45.5 Å². The van der Waals surface area contributed by atoms with Crippen LogP contribution in [-0.2, 0) is 15.0 Å². The maximum atomic E-state index is 13.5. The number of nitrogens with one attached hydrogen (secondary N) is 2. The number of carbonyl (C=O) groups excluding carboxylic acids is 3. The van der Waals surface area contributed by atoms with Gasteiger partial charge in [0.05, 0.1) is 16.8 Å². The van der Waals surface area contributed by atoms with Crippen LogP contribution in [0, 0.1) is 0 Å². The lowest BCUT2D eigenvalue weighted by Crippen LogP contribution is -2.56. The van der Waals surface area contributed by atoms with Crippen molar-refractivity contribution in [2.45, 2.75) is 45.1 Å². The predicted molar refractivity (Wildman–Crippen MR) is 132 cm³/mol. The molecule has 1 fully saturated rings. The number of amides is 3. The van der Waals surface area contributed by atoms with Gasteiger partial charge >= 0.3 is 0 Å². The van der Waals surface area contributed by atoms with E-state index in [1.807, 2.05) is 44.2 Å². The third-order valence-electron chi connectivity index (χ3n) is 6.65. The van der Waals surface area contributed by atoms with Gasteiger partial charge in [-0.15, -0.1) is 0 Å². The molecule has 4 rings (SSSR count). The van der Waals surface area contributed by atoms with Crippen molar-refractivity contribution in [1.29, 1.82) is 0 Å². The molecule has 35 heavy (non-hydrogen) atoms. The van der Waals surface area contributed by atoms with E-state index in [0.717, 1.165) is 5.56 Å². The fraction of sp³-hybridized carbons (Fsp3) is 0.346. The van der Waals surface area contributed by atoms with Crippen LogP contribution in [0.15, 0.2) is 59.4 Å². The number of rotatable bonds is 4. The summed E-state index contributed by atoms with van der Waals surface area (Å²) in [7, 11) is 0. The van der Waals surface area contributed by atoms with E-state index in [0.29, 0.717) is 36.7 Å². The Balaban J connectivity index is 1.61. The maximum absolute atomic E-state index is 13.5. The van der Waals surface area contributed by atoms with Crippen molar-refractivity contribution in [2.24, 2.45) is 0 Å². The summed E-state index contributed by atoms with van der Waals surface area (Å²) in [5.74, 6) is -1.01. The molecule has 1 saturated heterocycles. The van der Waals surface area contributed by atoms with E-state index in [1.165, 1.54) is 11.6 Å². The van der Waals surface area contributed by atoms with Gasteiger partial charge in [0.15, 0.2) is 5.69 Å². The summed E-state index contributed by atoms with van der Waals surface area (Å²) in [5.41, 5.74) is 4.80. The fourth-order valence-electron chi connectivity index (χ4n) is 4.62. The third-order valence-corrected chi connectivity index (χ3v) is 6.65. The summed E-state index contributed by atoms with van der Waals surface area (Å²) in [6.07, 6.45) is 0.857. The Hall–Kier alpha value is -4.01. The molecule has 1 aliphatic rings. The Morgan fingerprint density at radius 2 is 1.51 bits per heavy atom. The molecule has 1 aliphatic heterocycles. The molecule has 2 heterocycles. The Morgan fingerprint density at radius 3 is 2.11 bits per heavy atom. The zero-order valence-electron chi connectivity index (χ0n) is 20.1. The van der Waals surface area contributed by atoms with Crippen LogP contribution in [0.1, 0.15) is 55.7 Å². The molecule has 0 aliphatic carbocycles. The number of hydrazine groups is 1. The molecule has 9 heteroatoms. The van der Waals surface area contributed by atoms with E-state index in [9.17, 15) is 19.2 Å². The molecule has 3 aromatic rings. The normalized spacial score (nSPS) is 15.1. The summed E-state index contributed by atoms with van der Waals surface area (Å²) >= 11 is 0. The second-order valence-corrected chi connectivity index (χ2v) is 9.10. The number of hydrogen-bond donors (Lipinski definition) is 2. The molecule has 0 atom stereocenters. The fourth-order valence-corrected chi connectivity index (χ4v) is 4.62. The summed E-state index contributed by atoms with van der Waals surface area (Å²) in [6, 6.07) is 15.9. The van der Waals surface area contributed by atoms with Crippen molar-refractivity contribution in [2.75, 3.05) is 13.1 Å². The Kier molecular flexibility index (Phi) is 6.68. The van der Waals surface area contributed by atoms with Crippen LogP contribution < -0.4 is 16.4 Å². The van der Waals surface area contributed by atoms with Crippen molar-refractivity contribution in [3.63, 3.8) is 0 Å². The van der Waals surface area contributed by atoms with Gasteiger partial charge < -0.3 is 4.90 Å². The molecule has 3 amide bonds. The van der Waals surface area contributed by atoms with E-state index < -0.39 is 11.3 Å². The zero-order chi connectivity index (χ0) is 25.2. The lowest BCUT2D eigenvalue weighted by molar-refractivity contribution is -0.135. The molecule has 9 nitrogen and oxygen atoms in total. The van der Waals surface area contributed by atoms with Gasteiger partial charge in [-0.05, 0) is 38.3 Å². The average molecular weight is 476 g/mol. The maximum Gasteiger partial charge on any atom is 0.290 e. The van der Waals surface area contributed by atoms with Crippen LogP contribution >= 0.6 is 0 Å². The molecule has 182 valence electrons. The van der Waals surface area contributed by atoms with Gasteiger partial charge in [0.25, 0.3) is 11.5 Å². The monoisotopic (exact) mass is 475 g/mol. The highest BCUT2D eigenvalue weighted by molar-refractivity contribution is 6.05. The minimum Gasteiger partial charge on any atom is -0.343 e. The number of nitrogens with zero attached hydrogens (tertiary/aromatic N) is 3. The summed E-state index contributed by atoms with van der Waals surface area (Å²) < 4.78 is 1.27. The van der Waals surface area contributed by atoms with E-state index in [4.69, 9.17) is 0 Å². The van der Waals surface area contributed by atoms with Crippen molar-refractivity contribution in [1.82, 2.24) is 25.5 Å². The average Bonchev–Trinajstić information content (AvgIpc) is 2.87. The number of carbonyl (C=O) groups is 3. The molecular formula is C26H29N5O4. The van der Waals surface area contributed by atoms with E-state index in [2.05, 4.69) is 16.0 Å². The van der Waals surface area contributed by atoms with Gasteiger partial charge in [0, 0.05) is 25.4 Å². The van der Waals surface area contributed by atoms with Crippen molar-refractivity contribution >= 4 is 28.5 Å². The van der Waals surface area contributed by atoms with E-state index in [1.54, 1.807) is 29.2 Å². The van der Waals surface area contributed by atoms with Crippen molar-refractivity contribution in [3.8, 4) is 0 Å². The molecule has 0 radical (unpaired) electrons. The van der Waals surface area contributed by atoms with Gasteiger partial charge in [-0.1, -0.05) is 48.5 Å². The number of fused-ring (bicyclic) bond motifs is 1. The number of benzene rings is 2.